The Balaban J connectivity index is 1.42. The van der Waals surface area contributed by atoms with Crippen molar-refractivity contribution < 1.29 is 23.5 Å². The molecule has 1 aromatic rings. The fourth-order valence-electron chi connectivity index (χ4n) is 4.42. The lowest BCUT2D eigenvalue weighted by Gasteiger charge is -2.40. The number of hydrogen-bond acceptors (Lipinski definition) is 4. The lowest BCUT2D eigenvalue weighted by molar-refractivity contribution is -0.160. The van der Waals surface area contributed by atoms with Crippen molar-refractivity contribution in [1.29, 1.82) is 0 Å². The van der Waals surface area contributed by atoms with Gasteiger partial charge in [-0.25, -0.2) is 4.39 Å². The number of hydrogen-bond donors (Lipinski definition) is 0. The molecule has 0 unspecified atom stereocenters. The first-order chi connectivity index (χ1) is 12.9. The molecule has 144 valence electrons. The van der Waals surface area contributed by atoms with Gasteiger partial charge in [-0.1, -0.05) is 11.6 Å². The Labute approximate surface area is 161 Å². The van der Waals surface area contributed by atoms with Crippen LogP contribution in [-0.2, 0) is 14.3 Å². The van der Waals surface area contributed by atoms with Crippen LogP contribution < -0.4 is 0 Å². The van der Waals surface area contributed by atoms with Gasteiger partial charge in [-0.05, 0) is 37.5 Å². The molecule has 1 aliphatic carbocycles. The number of benzene rings is 1. The highest BCUT2D eigenvalue weighted by Crippen LogP contribution is 2.40. The third kappa shape index (κ3) is 2.98. The van der Waals surface area contributed by atoms with Gasteiger partial charge >= 0.3 is 5.97 Å². The van der Waals surface area contributed by atoms with Crippen molar-refractivity contribution in [1.82, 2.24) is 9.80 Å². The molecule has 4 rings (SSSR count). The van der Waals surface area contributed by atoms with E-state index in [4.69, 9.17) is 16.3 Å². The minimum atomic E-state index is -0.623. The number of nitrogens with zero attached hydrogens (tertiary/aromatic N) is 2. The molecule has 2 saturated heterocycles. The van der Waals surface area contributed by atoms with E-state index >= 15 is 0 Å². The zero-order valence-corrected chi connectivity index (χ0v) is 15.6. The predicted octanol–water partition coefficient (Wildman–Crippen LogP) is 2.10. The number of amides is 2. The Hall–Kier alpha value is -2.15. The maximum atomic E-state index is 13.7. The molecule has 1 aromatic carbocycles. The number of fused-ring (bicyclic) bond motifs is 2. The maximum Gasteiger partial charge on any atom is 0.309 e. The monoisotopic (exact) mass is 394 g/mol. The summed E-state index contributed by atoms with van der Waals surface area (Å²) in [6, 6.07) is 3.90. The van der Waals surface area contributed by atoms with Crippen LogP contribution in [0.4, 0.5) is 4.39 Å². The van der Waals surface area contributed by atoms with Crippen LogP contribution in [0.25, 0.3) is 0 Å². The van der Waals surface area contributed by atoms with Crippen molar-refractivity contribution in [2.45, 2.75) is 31.3 Å². The van der Waals surface area contributed by atoms with Crippen molar-refractivity contribution in [3.05, 3.63) is 34.6 Å². The van der Waals surface area contributed by atoms with Gasteiger partial charge in [0.05, 0.1) is 36.1 Å². The molecule has 0 aromatic heterocycles. The summed E-state index contributed by atoms with van der Waals surface area (Å²) < 4.78 is 18.4. The third-order valence-electron chi connectivity index (χ3n) is 6.05. The Kier molecular flexibility index (Phi) is 4.58. The van der Waals surface area contributed by atoms with Crippen molar-refractivity contribution in [2.75, 3.05) is 20.2 Å². The zero-order valence-electron chi connectivity index (χ0n) is 14.9. The summed E-state index contributed by atoms with van der Waals surface area (Å²) in [5.41, 5.74) is 0.257. The SMILES string of the molecule is COC(=O)[C@@H]1CC[C@H]1C(=O)N1C[C@@H]2C[C@H]1CN2C(=O)c1ccc(Cl)c(F)c1. The lowest BCUT2D eigenvalue weighted by Crippen LogP contribution is -2.54. The van der Waals surface area contributed by atoms with E-state index in [1.54, 1.807) is 9.80 Å². The van der Waals surface area contributed by atoms with Crippen molar-refractivity contribution >= 4 is 29.4 Å². The van der Waals surface area contributed by atoms with Crippen LogP contribution in [0.3, 0.4) is 0 Å². The van der Waals surface area contributed by atoms with Gasteiger partial charge in [0.25, 0.3) is 5.91 Å². The van der Waals surface area contributed by atoms with Gasteiger partial charge in [0.1, 0.15) is 5.82 Å². The van der Waals surface area contributed by atoms with Gasteiger partial charge < -0.3 is 14.5 Å². The van der Waals surface area contributed by atoms with Gasteiger partial charge in [0, 0.05) is 18.7 Å². The van der Waals surface area contributed by atoms with E-state index in [2.05, 4.69) is 0 Å². The molecule has 3 fully saturated rings. The van der Waals surface area contributed by atoms with Crippen LogP contribution >= 0.6 is 11.6 Å². The molecule has 2 heterocycles. The van der Waals surface area contributed by atoms with Crippen molar-refractivity contribution in [3.8, 4) is 0 Å². The molecule has 2 bridgehead atoms. The summed E-state index contributed by atoms with van der Waals surface area (Å²) in [5.74, 6) is -1.88. The molecule has 0 spiro atoms. The van der Waals surface area contributed by atoms with E-state index in [1.807, 2.05) is 0 Å². The average molecular weight is 395 g/mol. The summed E-state index contributed by atoms with van der Waals surface area (Å²) in [5, 5.41) is -0.0214. The molecule has 0 radical (unpaired) electrons. The van der Waals surface area contributed by atoms with Crippen LogP contribution in [0.5, 0.6) is 0 Å². The lowest BCUT2D eigenvalue weighted by atomic mass is 9.72. The minimum Gasteiger partial charge on any atom is -0.469 e. The number of methoxy groups -OCH3 is 1. The highest BCUT2D eigenvalue weighted by Gasteiger charge is 2.51. The first-order valence-electron chi connectivity index (χ1n) is 9.05. The predicted molar refractivity (Wildman–Crippen MR) is 94.6 cm³/mol. The van der Waals surface area contributed by atoms with Crippen LogP contribution in [0, 0.1) is 17.7 Å². The molecule has 0 N–H and O–H groups in total. The van der Waals surface area contributed by atoms with Gasteiger partial charge in [-0.3, -0.25) is 14.4 Å². The van der Waals surface area contributed by atoms with Crippen LogP contribution in [0.15, 0.2) is 18.2 Å². The zero-order chi connectivity index (χ0) is 19.3. The Morgan fingerprint density at radius 3 is 2.33 bits per heavy atom. The molecule has 4 atom stereocenters. The van der Waals surface area contributed by atoms with E-state index in [0.717, 1.165) is 6.07 Å². The second kappa shape index (κ2) is 6.78. The van der Waals surface area contributed by atoms with Gasteiger partial charge in [0.15, 0.2) is 0 Å². The van der Waals surface area contributed by atoms with E-state index < -0.39 is 5.82 Å². The normalized spacial score (nSPS) is 28.9. The van der Waals surface area contributed by atoms with Crippen LogP contribution in [0.1, 0.15) is 29.6 Å². The first kappa shape index (κ1) is 18.2. The molecule has 1 saturated carbocycles. The Morgan fingerprint density at radius 1 is 1.11 bits per heavy atom. The smallest absolute Gasteiger partial charge is 0.309 e. The number of esters is 1. The number of carbonyl (C=O) groups is 3. The van der Waals surface area contributed by atoms with Crippen LogP contribution in [0.2, 0.25) is 5.02 Å². The number of likely N-dealkylation sites (tertiary alicyclic amines) is 2. The number of ether oxygens (including phenoxy) is 1. The molecule has 3 aliphatic rings. The third-order valence-corrected chi connectivity index (χ3v) is 6.35. The quantitative estimate of drug-likeness (QED) is 0.736. The standard InChI is InChI=1S/C19H20ClFN2O4/c1-27-19(26)14-4-3-13(14)18(25)23-9-11-7-12(23)8-22(11)17(24)10-2-5-15(20)16(21)6-10/h2,5-6,11-14H,3-4,7-9H2,1H3/t11-,12-,13+,14+/m0/s1. The summed E-state index contributed by atoms with van der Waals surface area (Å²) in [6.07, 6.45) is 2.08. The highest BCUT2D eigenvalue weighted by atomic mass is 35.5. The molecular formula is C19H20ClFN2O4. The summed E-state index contributed by atoms with van der Waals surface area (Å²) in [6.45, 7) is 0.880. The Bertz CT molecular complexity index is 817. The summed E-state index contributed by atoms with van der Waals surface area (Å²) >= 11 is 5.68. The number of carbonyl (C=O) groups excluding carboxylic acids is 3. The van der Waals surface area contributed by atoms with E-state index in [9.17, 15) is 18.8 Å². The topological polar surface area (TPSA) is 66.9 Å². The van der Waals surface area contributed by atoms with Crippen LogP contribution in [-0.4, -0.2) is 59.9 Å². The van der Waals surface area contributed by atoms with E-state index in [0.29, 0.717) is 32.4 Å². The second-order valence-electron chi connectivity index (χ2n) is 7.43. The highest BCUT2D eigenvalue weighted by molar-refractivity contribution is 6.30. The molecule has 6 nitrogen and oxygen atoms in total. The largest absolute Gasteiger partial charge is 0.469 e. The minimum absolute atomic E-state index is 0.0196. The number of rotatable bonds is 3. The molecule has 8 heteroatoms. The fourth-order valence-corrected chi connectivity index (χ4v) is 4.54. The van der Waals surface area contributed by atoms with E-state index in [-0.39, 0.29) is 52.3 Å². The summed E-state index contributed by atoms with van der Waals surface area (Å²) in [7, 11) is 1.34. The van der Waals surface area contributed by atoms with Crippen molar-refractivity contribution in [2.24, 2.45) is 11.8 Å². The van der Waals surface area contributed by atoms with Gasteiger partial charge in [0.2, 0.25) is 5.91 Å². The fraction of sp³-hybridized carbons (Fsp3) is 0.526. The Morgan fingerprint density at radius 2 is 1.78 bits per heavy atom. The van der Waals surface area contributed by atoms with Crippen molar-refractivity contribution in [3.63, 3.8) is 0 Å². The summed E-state index contributed by atoms with van der Waals surface area (Å²) in [4.78, 5) is 40.8. The number of halogens is 2. The maximum absolute atomic E-state index is 13.7. The van der Waals surface area contributed by atoms with E-state index in [1.165, 1.54) is 19.2 Å². The van der Waals surface area contributed by atoms with Gasteiger partial charge in [-0.2, -0.15) is 0 Å². The first-order valence-corrected chi connectivity index (χ1v) is 9.42. The molecule has 2 aliphatic heterocycles. The second-order valence-corrected chi connectivity index (χ2v) is 7.84. The molecule has 27 heavy (non-hydrogen) atoms. The average Bonchev–Trinajstić information content (AvgIpc) is 3.23. The molecular weight excluding hydrogens is 375 g/mol. The number of piperazine rings is 1. The van der Waals surface area contributed by atoms with Gasteiger partial charge in [-0.15, -0.1) is 0 Å². The molecule has 2 amide bonds.